The average molecular weight is 236 g/mol. The smallest absolute Gasteiger partial charge is 0.243 e. The van der Waals surface area contributed by atoms with Crippen LogP contribution in [0, 0.1) is 11.7 Å². The number of aromatic nitrogens is 3. The normalized spacial score (nSPS) is 14.8. The van der Waals surface area contributed by atoms with Crippen molar-refractivity contribution in [2.24, 2.45) is 5.92 Å². The number of hydrogen-bond donors (Lipinski definition) is 1. The van der Waals surface area contributed by atoms with Crippen molar-refractivity contribution in [1.82, 2.24) is 14.6 Å². The first-order chi connectivity index (χ1) is 8.10. The van der Waals surface area contributed by atoms with E-state index in [-0.39, 0.29) is 5.82 Å². The molecule has 0 saturated heterocycles. The van der Waals surface area contributed by atoms with Gasteiger partial charge >= 0.3 is 0 Å². The fraction of sp³-hybridized carbons (Fsp3) is 0.500. The lowest BCUT2D eigenvalue weighted by Crippen LogP contribution is -2.23. The van der Waals surface area contributed by atoms with Crippen LogP contribution >= 0.6 is 0 Å². The molecular formula is C12H17FN4. The van der Waals surface area contributed by atoms with Crippen LogP contribution < -0.4 is 5.32 Å². The molecule has 2 heterocycles. The molecule has 17 heavy (non-hydrogen) atoms. The van der Waals surface area contributed by atoms with Crippen LogP contribution in [-0.4, -0.2) is 20.6 Å². The van der Waals surface area contributed by atoms with E-state index in [0.29, 0.717) is 23.6 Å². The molecule has 0 aliphatic carbocycles. The van der Waals surface area contributed by atoms with Gasteiger partial charge in [-0.1, -0.05) is 20.3 Å². The number of nitrogens with one attached hydrogen (secondary N) is 1. The number of hydrogen-bond acceptors (Lipinski definition) is 3. The minimum Gasteiger partial charge on any atom is -0.350 e. The number of rotatable bonds is 4. The maximum Gasteiger partial charge on any atom is 0.243 e. The Balaban J connectivity index is 2.19. The molecule has 2 aromatic heterocycles. The molecule has 1 N–H and O–H groups in total. The Hall–Kier alpha value is -1.65. The van der Waals surface area contributed by atoms with Crippen LogP contribution in [0.1, 0.15) is 27.2 Å². The fourth-order valence-corrected chi connectivity index (χ4v) is 1.62. The van der Waals surface area contributed by atoms with Gasteiger partial charge in [-0.25, -0.2) is 8.91 Å². The third-order valence-electron chi connectivity index (χ3n) is 3.15. The van der Waals surface area contributed by atoms with Crippen LogP contribution in [0.4, 0.5) is 10.3 Å². The van der Waals surface area contributed by atoms with Gasteiger partial charge in [0.05, 0.1) is 6.20 Å². The summed E-state index contributed by atoms with van der Waals surface area (Å²) in [6, 6.07) is 3.29. The van der Waals surface area contributed by atoms with E-state index in [2.05, 4.69) is 36.2 Å². The summed E-state index contributed by atoms with van der Waals surface area (Å²) in [6.45, 7) is 6.42. The molecule has 2 aromatic rings. The van der Waals surface area contributed by atoms with Gasteiger partial charge in [0.15, 0.2) is 5.65 Å². The van der Waals surface area contributed by atoms with Gasteiger partial charge in [0.25, 0.3) is 0 Å². The summed E-state index contributed by atoms with van der Waals surface area (Å²) in [4.78, 5) is 4.28. The third kappa shape index (κ3) is 2.54. The Morgan fingerprint density at radius 3 is 2.88 bits per heavy atom. The van der Waals surface area contributed by atoms with Crippen LogP contribution in [0.3, 0.4) is 0 Å². The standard InChI is InChI=1S/C12H17FN4/c1-4-8(2)9(3)14-12-15-11-6-5-10(13)7-17(11)16-12/h5-9H,4H2,1-3H3,(H,14,16). The zero-order valence-electron chi connectivity index (χ0n) is 10.3. The lowest BCUT2D eigenvalue weighted by atomic mass is 10.0. The Morgan fingerprint density at radius 2 is 2.18 bits per heavy atom. The molecule has 0 aliphatic heterocycles. The van der Waals surface area contributed by atoms with Crippen molar-refractivity contribution in [3.8, 4) is 0 Å². The van der Waals surface area contributed by atoms with Crippen LogP contribution in [0.25, 0.3) is 5.65 Å². The number of anilines is 1. The summed E-state index contributed by atoms with van der Waals surface area (Å²) in [5.74, 6) is 0.769. The summed E-state index contributed by atoms with van der Waals surface area (Å²) in [7, 11) is 0. The maximum atomic E-state index is 13.0. The lowest BCUT2D eigenvalue weighted by Gasteiger charge is -2.18. The first kappa shape index (κ1) is 11.8. The van der Waals surface area contributed by atoms with Crippen molar-refractivity contribution in [3.05, 3.63) is 24.1 Å². The second-order valence-corrected chi connectivity index (χ2v) is 4.40. The minimum atomic E-state index is -0.316. The second-order valence-electron chi connectivity index (χ2n) is 4.40. The molecular weight excluding hydrogens is 219 g/mol. The van der Waals surface area contributed by atoms with E-state index in [0.717, 1.165) is 6.42 Å². The summed E-state index contributed by atoms with van der Waals surface area (Å²) in [6.07, 6.45) is 2.41. The summed E-state index contributed by atoms with van der Waals surface area (Å²) >= 11 is 0. The highest BCUT2D eigenvalue weighted by atomic mass is 19.1. The third-order valence-corrected chi connectivity index (χ3v) is 3.15. The van der Waals surface area contributed by atoms with Gasteiger partial charge in [-0.2, -0.15) is 4.98 Å². The highest BCUT2D eigenvalue weighted by Gasteiger charge is 2.12. The number of fused-ring (bicyclic) bond motifs is 1. The number of halogens is 1. The topological polar surface area (TPSA) is 42.2 Å². The van der Waals surface area contributed by atoms with E-state index in [1.165, 1.54) is 16.8 Å². The molecule has 0 aromatic carbocycles. The molecule has 5 heteroatoms. The van der Waals surface area contributed by atoms with Crippen LogP contribution in [0.15, 0.2) is 18.3 Å². The zero-order valence-corrected chi connectivity index (χ0v) is 10.3. The quantitative estimate of drug-likeness (QED) is 0.887. The van der Waals surface area contributed by atoms with E-state index in [1.807, 2.05) is 0 Å². The largest absolute Gasteiger partial charge is 0.350 e. The van der Waals surface area contributed by atoms with E-state index in [9.17, 15) is 4.39 Å². The van der Waals surface area contributed by atoms with Gasteiger partial charge < -0.3 is 5.32 Å². The Labute approximate surface area is 99.9 Å². The number of nitrogens with zero attached hydrogens (tertiary/aromatic N) is 3. The summed E-state index contributed by atoms with van der Waals surface area (Å²) in [5.41, 5.74) is 0.644. The number of pyridine rings is 1. The van der Waals surface area contributed by atoms with E-state index < -0.39 is 0 Å². The first-order valence-electron chi connectivity index (χ1n) is 5.88. The van der Waals surface area contributed by atoms with E-state index in [4.69, 9.17) is 0 Å². The Kier molecular flexibility index (Phi) is 3.26. The highest BCUT2D eigenvalue weighted by Crippen LogP contribution is 2.13. The van der Waals surface area contributed by atoms with Crippen molar-refractivity contribution < 1.29 is 4.39 Å². The molecule has 0 amide bonds. The molecule has 2 atom stereocenters. The molecule has 0 spiro atoms. The van der Waals surface area contributed by atoms with Gasteiger partial charge in [-0.05, 0) is 25.0 Å². The second kappa shape index (κ2) is 4.69. The summed E-state index contributed by atoms with van der Waals surface area (Å²) < 4.78 is 14.4. The maximum absolute atomic E-state index is 13.0. The zero-order chi connectivity index (χ0) is 12.4. The predicted molar refractivity (Wildman–Crippen MR) is 65.5 cm³/mol. The van der Waals surface area contributed by atoms with Crippen LogP contribution in [-0.2, 0) is 0 Å². The SMILES string of the molecule is CCC(C)C(C)Nc1nc2ccc(F)cn2n1. The minimum absolute atomic E-state index is 0.294. The molecule has 2 rings (SSSR count). The first-order valence-corrected chi connectivity index (χ1v) is 5.88. The van der Waals surface area contributed by atoms with Crippen molar-refractivity contribution in [3.63, 3.8) is 0 Å². The molecule has 0 bridgehead atoms. The van der Waals surface area contributed by atoms with Crippen molar-refractivity contribution >= 4 is 11.6 Å². The Morgan fingerprint density at radius 1 is 1.41 bits per heavy atom. The average Bonchev–Trinajstić information content (AvgIpc) is 2.69. The highest BCUT2D eigenvalue weighted by molar-refractivity contribution is 5.43. The van der Waals surface area contributed by atoms with Crippen LogP contribution in [0.2, 0.25) is 0 Å². The van der Waals surface area contributed by atoms with Crippen molar-refractivity contribution in [2.45, 2.75) is 33.2 Å². The Bertz CT molecular complexity index is 508. The van der Waals surface area contributed by atoms with E-state index in [1.54, 1.807) is 6.07 Å². The lowest BCUT2D eigenvalue weighted by molar-refractivity contribution is 0.492. The van der Waals surface area contributed by atoms with Gasteiger partial charge in [-0.15, -0.1) is 5.10 Å². The van der Waals surface area contributed by atoms with E-state index >= 15 is 0 Å². The van der Waals surface area contributed by atoms with Gasteiger partial charge in [0.2, 0.25) is 5.95 Å². The monoisotopic (exact) mass is 236 g/mol. The fourth-order valence-electron chi connectivity index (χ4n) is 1.62. The molecule has 0 fully saturated rings. The molecule has 2 unspecified atom stereocenters. The van der Waals surface area contributed by atoms with Gasteiger partial charge in [-0.3, -0.25) is 0 Å². The molecule has 0 saturated carbocycles. The van der Waals surface area contributed by atoms with Crippen LogP contribution in [0.5, 0.6) is 0 Å². The van der Waals surface area contributed by atoms with Crippen molar-refractivity contribution in [2.75, 3.05) is 5.32 Å². The van der Waals surface area contributed by atoms with Crippen molar-refractivity contribution in [1.29, 1.82) is 0 Å². The molecule has 0 aliphatic rings. The molecule has 4 nitrogen and oxygen atoms in total. The predicted octanol–water partition coefficient (Wildman–Crippen LogP) is 2.71. The van der Waals surface area contributed by atoms with Gasteiger partial charge in [0, 0.05) is 6.04 Å². The van der Waals surface area contributed by atoms with Gasteiger partial charge in [0.1, 0.15) is 5.82 Å². The molecule has 0 radical (unpaired) electrons. The summed E-state index contributed by atoms with van der Waals surface area (Å²) in [5, 5.41) is 7.42. The molecule has 92 valence electrons.